The zero-order valence-electron chi connectivity index (χ0n) is 26.6. The molecule has 0 spiro atoms. The summed E-state index contributed by atoms with van der Waals surface area (Å²) in [7, 11) is 1.41. The van der Waals surface area contributed by atoms with Crippen LogP contribution in [0, 0.1) is 0 Å². The highest BCUT2D eigenvalue weighted by Gasteiger charge is 2.16. The molecule has 2 unspecified atom stereocenters. The Kier molecular flexibility index (Phi) is 12.1. The molecule has 0 saturated carbocycles. The van der Waals surface area contributed by atoms with Crippen molar-refractivity contribution in [3.63, 3.8) is 0 Å². The number of benzene rings is 6. The average Bonchev–Trinajstić information content (AvgIpc) is 3.80. The van der Waals surface area contributed by atoms with Gasteiger partial charge in [-0.2, -0.15) is 0 Å². The minimum absolute atomic E-state index is 0. The normalized spacial score (nSPS) is 10.5. The van der Waals surface area contributed by atoms with Crippen molar-refractivity contribution in [2.24, 2.45) is 0 Å². The number of rotatable bonds is 6. The molecule has 2 aromatic heterocycles. The maximum atomic E-state index is 2.39. The third-order valence-electron chi connectivity index (χ3n) is 8.18. The van der Waals surface area contributed by atoms with Crippen LogP contribution >= 0.6 is 28.8 Å². The van der Waals surface area contributed by atoms with Crippen LogP contribution in [0.25, 0.3) is 66.2 Å². The van der Waals surface area contributed by atoms with Gasteiger partial charge in [-0.05, 0) is 56.1 Å². The zero-order valence-corrected chi connectivity index (χ0v) is 29.4. The van der Waals surface area contributed by atoms with Crippen molar-refractivity contribution in [3.8, 4) is 66.2 Å². The van der Waals surface area contributed by atoms with Gasteiger partial charge in [0.05, 0.1) is 0 Å². The van der Waals surface area contributed by atoms with E-state index in [0.717, 1.165) is 0 Å². The standard InChI is InChI=1S/2C22H17P.ClH.H3N/c2*1-4-10-17(11-5-1)20-16-23-22(19-14-8-3-9-15-19)21(20)18-12-6-2-7-13-18;;/h2*1-16,23H;1H;1H3. The lowest BCUT2D eigenvalue weighted by atomic mass is 9.95. The molecule has 6 aromatic carbocycles. The number of hydrogen-bond donors (Lipinski definition) is 1. The van der Waals surface area contributed by atoms with Gasteiger partial charge >= 0.3 is 0 Å². The molecule has 0 saturated heterocycles. The minimum Gasteiger partial charge on any atom is -0.344 e. The maximum Gasteiger partial charge on any atom is 0.00665 e. The van der Waals surface area contributed by atoms with Crippen LogP contribution in [0.15, 0.2) is 194 Å². The molecule has 2 atom stereocenters. The van der Waals surface area contributed by atoms with E-state index in [1.54, 1.807) is 0 Å². The van der Waals surface area contributed by atoms with E-state index in [-0.39, 0.29) is 18.6 Å². The fourth-order valence-electron chi connectivity index (χ4n) is 6.01. The summed E-state index contributed by atoms with van der Waals surface area (Å²) in [6, 6.07) is 64.4. The van der Waals surface area contributed by atoms with Gasteiger partial charge in [0.1, 0.15) is 0 Å². The third kappa shape index (κ3) is 7.64. The predicted octanol–water partition coefficient (Wildman–Crippen LogP) is 14.0. The number of hydrogen-bond acceptors (Lipinski definition) is 1. The Labute approximate surface area is 293 Å². The third-order valence-corrected chi connectivity index (χ3v) is 10.7. The molecule has 0 amide bonds. The van der Waals surface area contributed by atoms with Gasteiger partial charge in [0.15, 0.2) is 0 Å². The monoisotopic (exact) mass is 677 g/mol. The molecule has 3 N–H and O–H groups in total. The highest BCUT2D eigenvalue weighted by molar-refractivity contribution is 7.34. The largest absolute Gasteiger partial charge is 0.344 e. The van der Waals surface area contributed by atoms with Crippen molar-refractivity contribution in [1.29, 1.82) is 0 Å². The van der Waals surface area contributed by atoms with Crippen molar-refractivity contribution >= 4 is 28.8 Å². The van der Waals surface area contributed by atoms with Gasteiger partial charge in [0, 0.05) is 21.7 Å². The topological polar surface area (TPSA) is 35.0 Å². The Bertz CT molecular complexity index is 1840. The second-order valence-electron chi connectivity index (χ2n) is 11.1. The smallest absolute Gasteiger partial charge is 0.00665 e. The van der Waals surface area contributed by atoms with Crippen LogP contribution in [0.3, 0.4) is 0 Å². The second-order valence-corrected chi connectivity index (χ2v) is 13.3. The van der Waals surface area contributed by atoms with Crippen LogP contribution in [0.5, 0.6) is 0 Å². The van der Waals surface area contributed by atoms with E-state index in [0.29, 0.717) is 16.4 Å². The molecule has 2 heterocycles. The van der Waals surface area contributed by atoms with Crippen molar-refractivity contribution in [3.05, 3.63) is 194 Å². The minimum atomic E-state index is 0. The van der Waals surface area contributed by atoms with E-state index in [4.69, 9.17) is 0 Å². The summed E-state index contributed by atoms with van der Waals surface area (Å²) >= 11 is 0. The van der Waals surface area contributed by atoms with E-state index in [1.165, 1.54) is 66.2 Å². The number of halogens is 1. The van der Waals surface area contributed by atoms with Gasteiger partial charge in [-0.25, -0.2) is 0 Å². The molecule has 8 rings (SSSR count). The summed E-state index contributed by atoms with van der Waals surface area (Å²) < 4.78 is 0. The summed E-state index contributed by atoms with van der Waals surface area (Å²) in [5.41, 5.74) is 13.3. The highest BCUT2D eigenvalue weighted by Crippen LogP contribution is 2.48. The van der Waals surface area contributed by atoms with Crippen LogP contribution in [-0.2, 0) is 0 Å². The van der Waals surface area contributed by atoms with Gasteiger partial charge in [0.2, 0.25) is 0 Å². The van der Waals surface area contributed by atoms with E-state index >= 15 is 0 Å². The summed E-state index contributed by atoms with van der Waals surface area (Å²) in [5.74, 6) is 4.78. The fourth-order valence-corrected chi connectivity index (χ4v) is 8.72. The first kappa shape index (κ1) is 34.5. The summed E-state index contributed by atoms with van der Waals surface area (Å²) in [4.78, 5) is 0. The fraction of sp³-hybridized carbons (Fsp3) is 0. The first-order valence-electron chi connectivity index (χ1n) is 15.6. The lowest BCUT2D eigenvalue weighted by molar-refractivity contribution is 1.62. The molecule has 1 nitrogen and oxygen atoms in total. The molecule has 0 aliphatic carbocycles. The molecular formula is C44H38ClNP2. The lowest BCUT2D eigenvalue weighted by Gasteiger charge is -2.09. The van der Waals surface area contributed by atoms with E-state index < -0.39 is 0 Å². The van der Waals surface area contributed by atoms with Crippen LogP contribution in [0.4, 0.5) is 0 Å². The van der Waals surface area contributed by atoms with Gasteiger partial charge in [0.25, 0.3) is 0 Å². The van der Waals surface area contributed by atoms with Crippen molar-refractivity contribution in [2.45, 2.75) is 0 Å². The Balaban J connectivity index is 0.000000180. The van der Waals surface area contributed by atoms with Crippen LogP contribution < -0.4 is 6.15 Å². The van der Waals surface area contributed by atoms with Gasteiger partial charge in [-0.1, -0.05) is 182 Å². The summed E-state index contributed by atoms with van der Waals surface area (Å²) in [6.07, 6.45) is 0. The lowest BCUT2D eigenvalue weighted by Crippen LogP contribution is -1.83. The molecule has 0 bridgehead atoms. The summed E-state index contributed by atoms with van der Waals surface area (Å²) in [6.45, 7) is 0. The Morgan fingerprint density at radius 2 is 0.500 bits per heavy atom. The molecule has 4 heteroatoms. The molecule has 236 valence electrons. The molecule has 48 heavy (non-hydrogen) atoms. The van der Waals surface area contributed by atoms with Crippen molar-refractivity contribution in [1.82, 2.24) is 6.15 Å². The quantitative estimate of drug-likeness (QED) is 0.187. The van der Waals surface area contributed by atoms with Crippen molar-refractivity contribution < 1.29 is 0 Å². The first-order valence-corrected chi connectivity index (χ1v) is 17.8. The van der Waals surface area contributed by atoms with Gasteiger partial charge in [-0.15, -0.1) is 28.8 Å². The summed E-state index contributed by atoms with van der Waals surface area (Å²) in [5, 5.41) is 2.88. The van der Waals surface area contributed by atoms with Crippen LogP contribution in [-0.4, -0.2) is 0 Å². The first-order chi connectivity index (χ1) is 22.9. The molecule has 0 aliphatic heterocycles. The molecule has 0 aliphatic rings. The molecule has 8 aromatic rings. The van der Waals surface area contributed by atoms with Gasteiger partial charge < -0.3 is 6.15 Å². The Morgan fingerprint density at radius 3 is 0.771 bits per heavy atom. The SMILES string of the molecule is Cl.N.c1ccc(-c2c[pH]c(-c3ccccc3)c2-c2ccccc2)cc1.c1ccc(-c2c[pH]c(-c3ccccc3)c2-c2ccccc2)cc1. The molecular weight excluding hydrogens is 640 g/mol. The van der Waals surface area contributed by atoms with E-state index in [2.05, 4.69) is 194 Å². The van der Waals surface area contributed by atoms with E-state index in [1.807, 2.05) is 0 Å². The zero-order chi connectivity index (χ0) is 31.0. The van der Waals surface area contributed by atoms with Crippen LogP contribution in [0.1, 0.15) is 0 Å². The van der Waals surface area contributed by atoms with Crippen LogP contribution in [0.2, 0.25) is 0 Å². The molecule has 0 radical (unpaired) electrons. The van der Waals surface area contributed by atoms with Gasteiger partial charge in [-0.3, -0.25) is 0 Å². The van der Waals surface area contributed by atoms with Crippen molar-refractivity contribution in [2.75, 3.05) is 0 Å². The predicted molar refractivity (Wildman–Crippen MR) is 217 cm³/mol. The maximum absolute atomic E-state index is 2.39. The highest BCUT2D eigenvalue weighted by atomic mass is 35.5. The average molecular weight is 678 g/mol. The van der Waals surface area contributed by atoms with E-state index in [9.17, 15) is 0 Å². The Morgan fingerprint density at radius 1 is 0.271 bits per heavy atom. The molecule has 0 fully saturated rings. The second kappa shape index (κ2) is 16.8. The Hall–Kier alpha value is -4.87.